The third kappa shape index (κ3) is 3.18. The molecule has 1 heterocycles. The average molecular weight is 316 g/mol. The lowest BCUT2D eigenvalue weighted by atomic mass is 10.1. The fourth-order valence-corrected chi connectivity index (χ4v) is 2.21. The molecule has 1 N–H and O–H groups in total. The Morgan fingerprint density at radius 2 is 2.32 bits per heavy atom. The number of halogens is 1. The van der Waals surface area contributed by atoms with Crippen LogP contribution in [0.15, 0.2) is 30.5 Å². The normalized spacial score (nSPS) is 10.6. The lowest BCUT2D eigenvalue weighted by molar-refractivity contribution is -0.111. The van der Waals surface area contributed by atoms with Crippen molar-refractivity contribution in [2.24, 2.45) is 0 Å². The zero-order valence-corrected chi connectivity index (χ0v) is 12.9. The van der Waals surface area contributed by atoms with E-state index in [1.54, 1.807) is 25.1 Å². The smallest absolute Gasteiger partial charge is 0.248 e. The Bertz CT molecular complexity index is 794. The van der Waals surface area contributed by atoms with Gasteiger partial charge in [0.1, 0.15) is 11.8 Å². The molecule has 5 nitrogen and oxygen atoms in total. The lowest BCUT2D eigenvalue weighted by Gasteiger charge is -2.13. The van der Waals surface area contributed by atoms with Crippen molar-refractivity contribution in [3.8, 4) is 11.8 Å². The highest BCUT2D eigenvalue weighted by Gasteiger charge is 2.13. The van der Waals surface area contributed by atoms with E-state index in [9.17, 15) is 4.79 Å². The summed E-state index contributed by atoms with van der Waals surface area (Å²) in [7, 11) is 0. The Morgan fingerprint density at radius 1 is 1.55 bits per heavy atom. The van der Waals surface area contributed by atoms with Crippen molar-refractivity contribution in [1.82, 2.24) is 4.98 Å². The van der Waals surface area contributed by atoms with Crippen LogP contribution in [-0.2, 0) is 4.79 Å². The summed E-state index contributed by atoms with van der Waals surface area (Å²) in [5.74, 6) is 0.226. The van der Waals surface area contributed by atoms with Gasteiger partial charge in [-0.25, -0.2) is 0 Å². The van der Waals surface area contributed by atoms with Crippen LogP contribution in [0.4, 0.5) is 5.69 Å². The first kappa shape index (κ1) is 15.8. The molecule has 22 heavy (non-hydrogen) atoms. The van der Waals surface area contributed by atoms with E-state index >= 15 is 0 Å². The third-order valence-corrected chi connectivity index (χ3v) is 3.31. The van der Waals surface area contributed by atoms with Gasteiger partial charge in [0.2, 0.25) is 5.91 Å². The Labute approximate surface area is 133 Å². The number of ether oxygens (including phenoxy) is 1. The molecule has 6 heteroatoms. The van der Waals surface area contributed by atoms with Crippen LogP contribution >= 0.6 is 11.6 Å². The van der Waals surface area contributed by atoms with Gasteiger partial charge in [0.05, 0.1) is 28.4 Å². The van der Waals surface area contributed by atoms with E-state index in [-0.39, 0.29) is 11.5 Å². The minimum atomic E-state index is -0.275. The highest BCUT2D eigenvalue weighted by molar-refractivity contribution is 6.36. The van der Waals surface area contributed by atoms with E-state index in [0.29, 0.717) is 34.0 Å². The van der Waals surface area contributed by atoms with Crippen LogP contribution in [0.2, 0.25) is 5.02 Å². The van der Waals surface area contributed by atoms with Gasteiger partial charge in [-0.05, 0) is 26.0 Å². The summed E-state index contributed by atoms with van der Waals surface area (Å²) in [5, 5.41) is 12.6. The number of anilines is 1. The summed E-state index contributed by atoms with van der Waals surface area (Å²) in [6.45, 7) is 4.05. The number of pyridine rings is 1. The summed E-state index contributed by atoms with van der Waals surface area (Å²) in [5.41, 5.74) is 1.36. The van der Waals surface area contributed by atoms with E-state index < -0.39 is 0 Å². The highest BCUT2D eigenvalue weighted by Crippen LogP contribution is 2.34. The van der Waals surface area contributed by atoms with Gasteiger partial charge in [0, 0.05) is 17.6 Å². The number of nitrogens with one attached hydrogen (secondary N) is 1. The molecule has 1 aromatic carbocycles. The predicted molar refractivity (Wildman–Crippen MR) is 86.1 cm³/mol. The molecular formula is C16H14ClN3O2. The maximum absolute atomic E-state index is 11.8. The van der Waals surface area contributed by atoms with Gasteiger partial charge in [-0.2, -0.15) is 5.26 Å². The van der Waals surface area contributed by atoms with Crippen LogP contribution in [0.5, 0.6) is 5.75 Å². The van der Waals surface area contributed by atoms with Gasteiger partial charge < -0.3 is 10.1 Å². The second-order valence-electron chi connectivity index (χ2n) is 4.39. The first-order valence-electron chi connectivity index (χ1n) is 6.69. The van der Waals surface area contributed by atoms with E-state index in [0.717, 1.165) is 0 Å². The molecule has 0 aliphatic rings. The molecule has 1 aromatic heterocycles. The maximum atomic E-state index is 11.8. The zero-order chi connectivity index (χ0) is 16.1. The summed E-state index contributed by atoms with van der Waals surface area (Å²) >= 11 is 6.21. The fourth-order valence-electron chi connectivity index (χ4n) is 1.96. The van der Waals surface area contributed by atoms with E-state index in [4.69, 9.17) is 21.6 Å². The number of nitriles is 1. The van der Waals surface area contributed by atoms with Gasteiger partial charge in [-0.3, -0.25) is 9.78 Å². The number of fused-ring (bicyclic) bond motifs is 1. The molecular weight excluding hydrogens is 302 g/mol. The SMILES string of the molecule is C/C=C/C(=O)Nc1cc2c(Cl)c(C#N)cnc2cc1OCC. The molecule has 0 spiro atoms. The quantitative estimate of drug-likeness (QED) is 0.873. The van der Waals surface area contributed by atoms with E-state index in [1.165, 1.54) is 12.3 Å². The maximum Gasteiger partial charge on any atom is 0.248 e. The standard InChI is InChI=1S/C16H14ClN3O2/c1-3-5-15(21)20-13-6-11-12(7-14(13)22-4-2)19-9-10(8-18)16(11)17/h3,5-7,9H,4H2,1-2H3,(H,20,21)/b5-3+. The first-order valence-corrected chi connectivity index (χ1v) is 7.07. The van der Waals surface area contributed by atoms with Crippen LogP contribution in [0.25, 0.3) is 10.9 Å². The van der Waals surface area contributed by atoms with Gasteiger partial charge >= 0.3 is 0 Å². The molecule has 0 unspecified atom stereocenters. The number of aromatic nitrogens is 1. The third-order valence-electron chi connectivity index (χ3n) is 2.90. The lowest BCUT2D eigenvalue weighted by Crippen LogP contribution is -2.09. The molecule has 0 fully saturated rings. The zero-order valence-electron chi connectivity index (χ0n) is 12.2. The Kier molecular flexibility index (Phi) is 4.97. The Hall–Kier alpha value is -2.58. The monoisotopic (exact) mass is 315 g/mol. The average Bonchev–Trinajstić information content (AvgIpc) is 2.49. The number of hydrogen-bond donors (Lipinski definition) is 1. The van der Waals surface area contributed by atoms with Crippen LogP contribution in [0.1, 0.15) is 19.4 Å². The van der Waals surface area contributed by atoms with Crippen molar-refractivity contribution in [3.63, 3.8) is 0 Å². The predicted octanol–water partition coefficient (Wildman–Crippen LogP) is 3.67. The van der Waals surface area contributed by atoms with Gasteiger partial charge in [0.15, 0.2) is 0 Å². The molecule has 1 amide bonds. The summed E-state index contributed by atoms with van der Waals surface area (Å²) in [6.07, 6.45) is 4.46. The van der Waals surface area contributed by atoms with Gasteiger partial charge in [-0.15, -0.1) is 0 Å². The Balaban J connectivity index is 2.60. The molecule has 0 bridgehead atoms. The van der Waals surface area contributed by atoms with Crippen LogP contribution in [0.3, 0.4) is 0 Å². The molecule has 0 saturated heterocycles. The van der Waals surface area contributed by atoms with Gasteiger partial charge in [-0.1, -0.05) is 17.7 Å². The minimum absolute atomic E-state index is 0.275. The molecule has 2 aromatic rings. The van der Waals surface area contributed by atoms with Crippen molar-refractivity contribution < 1.29 is 9.53 Å². The summed E-state index contributed by atoms with van der Waals surface area (Å²) < 4.78 is 5.53. The number of carbonyl (C=O) groups is 1. The number of allylic oxidation sites excluding steroid dienone is 1. The first-order chi connectivity index (χ1) is 10.6. The van der Waals surface area contributed by atoms with Crippen LogP contribution in [0, 0.1) is 11.3 Å². The molecule has 2 rings (SSSR count). The largest absolute Gasteiger partial charge is 0.492 e. The number of rotatable bonds is 4. The van der Waals surface area contributed by atoms with E-state index in [2.05, 4.69) is 10.3 Å². The van der Waals surface area contributed by atoms with Crippen molar-refractivity contribution in [3.05, 3.63) is 41.1 Å². The molecule has 0 radical (unpaired) electrons. The van der Waals surface area contributed by atoms with Crippen molar-refractivity contribution in [2.75, 3.05) is 11.9 Å². The number of hydrogen-bond acceptors (Lipinski definition) is 4. The highest BCUT2D eigenvalue weighted by atomic mass is 35.5. The van der Waals surface area contributed by atoms with Crippen LogP contribution < -0.4 is 10.1 Å². The Morgan fingerprint density at radius 3 is 2.95 bits per heavy atom. The molecule has 112 valence electrons. The number of amides is 1. The summed E-state index contributed by atoms with van der Waals surface area (Å²) in [4.78, 5) is 16.0. The molecule has 0 atom stereocenters. The topological polar surface area (TPSA) is 75.0 Å². The number of nitrogens with zero attached hydrogens (tertiary/aromatic N) is 2. The number of benzene rings is 1. The van der Waals surface area contributed by atoms with Crippen LogP contribution in [-0.4, -0.2) is 17.5 Å². The second kappa shape index (κ2) is 6.92. The van der Waals surface area contributed by atoms with Gasteiger partial charge in [0.25, 0.3) is 0 Å². The molecule has 0 aliphatic carbocycles. The molecule has 0 aliphatic heterocycles. The second-order valence-corrected chi connectivity index (χ2v) is 4.76. The molecule has 0 saturated carbocycles. The van der Waals surface area contributed by atoms with Crippen molar-refractivity contribution in [2.45, 2.75) is 13.8 Å². The minimum Gasteiger partial charge on any atom is -0.492 e. The van der Waals surface area contributed by atoms with Crippen molar-refractivity contribution in [1.29, 1.82) is 5.26 Å². The van der Waals surface area contributed by atoms with E-state index in [1.807, 2.05) is 13.0 Å². The van der Waals surface area contributed by atoms with Crippen molar-refractivity contribution >= 4 is 34.1 Å². The number of carbonyl (C=O) groups excluding carboxylic acids is 1. The summed E-state index contributed by atoms with van der Waals surface area (Å²) in [6, 6.07) is 5.34. The fraction of sp³-hybridized carbons (Fsp3) is 0.188.